The summed E-state index contributed by atoms with van der Waals surface area (Å²) in [4.78, 5) is 10.1. The van der Waals surface area contributed by atoms with Crippen molar-refractivity contribution in [1.29, 1.82) is 0 Å². The first-order valence-electron chi connectivity index (χ1n) is 5.25. The molecule has 2 unspecified atom stereocenters. The second kappa shape index (κ2) is 6.53. The second-order valence-corrected chi connectivity index (χ2v) is 4.05. The number of non-ortho nitro benzene ring substituents is 1. The Morgan fingerprint density at radius 1 is 1.50 bits per heavy atom. The van der Waals surface area contributed by atoms with Crippen LogP contribution in [0.25, 0.3) is 0 Å². The van der Waals surface area contributed by atoms with Gasteiger partial charge in [0.2, 0.25) is 0 Å². The van der Waals surface area contributed by atoms with Gasteiger partial charge in [-0.25, -0.2) is 0 Å². The number of benzene rings is 1. The summed E-state index contributed by atoms with van der Waals surface area (Å²) in [6.07, 6.45) is -2.20. The molecule has 0 aromatic heterocycles. The van der Waals surface area contributed by atoms with Gasteiger partial charge < -0.3 is 14.9 Å². The van der Waals surface area contributed by atoms with E-state index in [4.69, 9.17) is 16.3 Å². The Morgan fingerprint density at radius 2 is 2.17 bits per heavy atom. The zero-order chi connectivity index (χ0) is 13.7. The third kappa shape index (κ3) is 3.32. The molecular weight excluding hydrogens is 262 g/mol. The van der Waals surface area contributed by atoms with E-state index in [0.29, 0.717) is 0 Å². The lowest BCUT2D eigenvalue weighted by atomic mass is 10.0. The van der Waals surface area contributed by atoms with Crippen LogP contribution in [-0.2, 0) is 0 Å². The molecule has 0 fully saturated rings. The lowest BCUT2D eigenvalue weighted by molar-refractivity contribution is -0.385. The molecule has 0 saturated heterocycles. The van der Waals surface area contributed by atoms with Gasteiger partial charge in [-0.3, -0.25) is 10.1 Å². The number of rotatable bonds is 6. The first kappa shape index (κ1) is 14.7. The summed E-state index contributed by atoms with van der Waals surface area (Å²) in [5.41, 5.74) is -0.00719. The average molecular weight is 276 g/mol. The number of hydrogen-bond donors (Lipinski definition) is 2. The van der Waals surface area contributed by atoms with E-state index in [-0.39, 0.29) is 29.3 Å². The maximum absolute atomic E-state index is 10.7. The Balaban J connectivity index is 3.10. The average Bonchev–Trinajstić information content (AvgIpc) is 2.37. The normalized spacial score (nSPS) is 14.0. The van der Waals surface area contributed by atoms with Crippen LogP contribution in [0.3, 0.4) is 0 Å². The van der Waals surface area contributed by atoms with Crippen LogP contribution in [0.5, 0.6) is 5.75 Å². The van der Waals surface area contributed by atoms with E-state index < -0.39 is 17.1 Å². The summed E-state index contributed by atoms with van der Waals surface area (Å²) in [6, 6.07) is 3.83. The van der Waals surface area contributed by atoms with Gasteiger partial charge in [-0.1, -0.05) is 0 Å². The number of nitro groups is 1. The molecule has 1 rings (SSSR count). The number of halogens is 1. The minimum absolute atomic E-state index is 0.171. The van der Waals surface area contributed by atoms with Crippen molar-refractivity contribution in [3.05, 3.63) is 33.9 Å². The molecule has 0 aliphatic heterocycles. The molecule has 0 spiro atoms. The Kier molecular flexibility index (Phi) is 5.33. The van der Waals surface area contributed by atoms with Crippen molar-refractivity contribution < 1.29 is 19.9 Å². The van der Waals surface area contributed by atoms with Gasteiger partial charge in [0, 0.05) is 23.6 Å². The van der Waals surface area contributed by atoms with Crippen molar-refractivity contribution in [2.75, 3.05) is 13.0 Å². The maximum Gasteiger partial charge on any atom is 0.270 e. The van der Waals surface area contributed by atoms with Gasteiger partial charge in [0.05, 0.1) is 18.1 Å². The van der Waals surface area contributed by atoms with Crippen molar-refractivity contribution in [3.63, 3.8) is 0 Å². The molecule has 0 aliphatic rings. The number of methoxy groups -OCH3 is 1. The molecule has 2 atom stereocenters. The lowest BCUT2D eigenvalue weighted by Gasteiger charge is -2.19. The van der Waals surface area contributed by atoms with E-state index in [1.165, 1.54) is 25.3 Å². The summed E-state index contributed by atoms with van der Waals surface area (Å²) < 4.78 is 5.00. The van der Waals surface area contributed by atoms with Crippen LogP contribution in [0.15, 0.2) is 18.2 Å². The van der Waals surface area contributed by atoms with Gasteiger partial charge in [0.25, 0.3) is 5.69 Å². The van der Waals surface area contributed by atoms with Crippen molar-refractivity contribution in [2.45, 2.75) is 18.6 Å². The summed E-state index contributed by atoms with van der Waals surface area (Å²) in [7, 11) is 1.38. The van der Waals surface area contributed by atoms with E-state index in [2.05, 4.69) is 0 Å². The fraction of sp³-hybridized carbons (Fsp3) is 0.455. The Morgan fingerprint density at radius 3 is 2.67 bits per heavy atom. The minimum Gasteiger partial charge on any atom is -0.496 e. The summed E-state index contributed by atoms with van der Waals surface area (Å²) in [6.45, 7) is 0. The Bertz CT molecular complexity index is 426. The molecule has 0 radical (unpaired) electrons. The van der Waals surface area contributed by atoms with E-state index in [1.807, 2.05) is 0 Å². The SMILES string of the molecule is COc1ccc([N+](=O)[O-])cc1C(O)C(O)CCCl. The third-order valence-electron chi connectivity index (χ3n) is 2.51. The van der Waals surface area contributed by atoms with E-state index in [9.17, 15) is 20.3 Å². The largest absolute Gasteiger partial charge is 0.496 e. The first-order valence-corrected chi connectivity index (χ1v) is 5.79. The summed E-state index contributed by atoms with van der Waals surface area (Å²) in [5.74, 6) is 0.455. The fourth-order valence-electron chi connectivity index (χ4n) is 1.54. The monoisotopic (exact) mass is 275 g/mol. The molecule has 1 aromatic rings. The molecule has 0 amide bonds. The molecule has 0 aliphatic carbocycles. The maximum atomic E-state index is 10.7. The molecule has 100 valence electrons. The predicted molar refractivity (Wildman–Crippen MR) is 66.0 cm³/mol. The predicted octanol–water partition coefficient (Wildman–Crippen LogP) is 1.63. The highest BCUT2D eigenvalue weighted by atomic mass is 35.5. The highest BCUT2D eigenvalue weighted by Crippen LogP contribution is 2.31. The molecule has 2 N–H and O–H groups in total. The van der Waals surface area contributed by atoms with Crippen LogP contribution in [0.1, 0.15) is 18.1 Å². The van der Waals surface area contributed by atoms with Crippen LogP contribution < -0.4 is 4.74 Å². The standard InChI is InChI=1S/C11H14ClNO5/c1-18-10-3-2-7(13(16)17)6-8(10)11(15)9(14)4-5-12/h2-3,6,9,11,14-15H,4-5H2,1H3. The van der Waals surface area contributed by atoms with Crippen LogP contribution in [-0.4, -0.2) is 34.2 Å². The lowest BCUT2D eigenvalue weighted by Crippen LogP contribution is -2.19. The molecule has 6 nitrogen and oxygen atoms in total. The number of hydrogen-bond acceptors (Lipinski definition) is 5. The van der Waals surface area contributed by atoms with E-state index in [1.54, 1.807) is 0 Å². The smallest absolute Gasteiger partial charge is 0.270 e. The van der Waals surface area contributed by atoms with Crippen molar-refractivity contribution in [3.8, 4) is 5.75 Å². The third-order valence-corrected chi connectivity index (χ3v) is 2.73. The molecular formula is C11H14ClNO5. The molecule has 0 heterocycles. The number of aliphatic hydroxyl groups is 2. The van der Waals surface area contributed by atoms with Crippen LogP contribution >= 0.6 is 11.6 Å². The number of alkyl halides is 1. The quantitative estimate of drug-likeness (QED) is 0.467. The first-order chi connectivity index (χ1) is 8.51. The highest BCUT2D eigenvalue weighted by Gasteiger charge is 2.23. The number of aliphatic hydroxyl groups excluding tert-OH is 2. The van der Waals surface area contributed by atoms with E-state index in [0.717, 1.165) is 0 Å². The highest BCUT2D eigenvalue weighted by molar-refractivity contribution is 6.17. The van der Waals surface area contributed by atoms with Crippen LogP contribution in [0.2, 0.25) is 0 Å². The minimum atomic E-state index is -1.28. The Hall–Kier alpha value is -1.37. The van der Waals surface area contributed by atoms with Gasteiger partial charge in [0.1, 0.15) is 11.9 Å². The number of nitro benzene ring substituents is 1. The molecule has 1 aromatic carbocycles. The van der Waals surface area contributed by atoms with Gasteiger partial charge in [-0.2, -0.15) is 0 Å². The van der Waals surface area contributed by atoms with Gasteiger partial charge in [-0.05, 0) is 12.5 Å². The number of ether oxygens (including phenoxy) is 1. The fourth-order valence-corrected chi connectivity index (χ4v) is 1.77. The van der Waals surface area contributed by atoms with Crippen molar-refractivity contribution in [2.24, 2.45) is 0 Å². The van der Waals surface area contributed by atoms with E-state index >= 15 is 0 Å². The zero-order valence-electron chi connectivity index (χ0n) is 9.75. The molecule has 0 saturated carbocycles. The Labute approximate surface area is 109 Å². The van der Waals surface area contributed by atoms with Crippen molar-refractivity contribution >= 4 is 17.3 Å². The zero-order valence-corrected chi connectivity index (χ0v) is 10.5. The van der Waals surface area contributed by atoms with Gasteiger partial charge in [0.15, 0.2) is 0 Å². The molecule has 18 heavy (non-hydrogen) atoms. The number of nitrogens with zero attached hydrogens (tertiary/aromatic N) is 1. The van der Waals surface area contributed by atoms with Crippen molar-refractivity contribution in [1.82, 2.24) is 0 Å². The topological polar surface area (TPSA) is 92.8 Å². The summed E-state index contributed by atoms with van der Waals surface area (Å²) in [5, 5.41) is 30.3. The summed E-state index contributed by atoms with van der Waals surface area (Å²) >= 11 is 5.47. The second-order valence-electron chi connectivity index (χ2n) is 3.67. The van der Waals surface area contributed by atoms with Gasteiger partial charge in [-0.15, -0.1) is 11.6 Å². The molecule has 7 heteroatoms. The van der Waals surface area contributed by atoms with Crippen LogP contribution in [0, 0.1) is 10.1 Å². The molecule has 0 bridgehead atoms. The van der Waals surface area contributed by atoms with Crippen LogP contribution in [0.4, 0.5) is 5.69 Å². The van der Waals surface area contributed by atoms with Gasteiger partial charge >= 0.3 is 0 Å².